The van der Waals surface area contributed by atoms with Gasteiger partial charge in [-0.1, -0.05) is 18.2 Å². The van der Waals surface area contributed by atoms with Crippen LogP contribution in [0.25, 0.3) is 6.08 Å². The molecule has 0 spiro atoms. The Bertz CT molecular complexity index is 582. The minimum Gasteiger partial charge on any atom is -0.348 e. The molecule has 1 aromatic carbocycles. The van der Waals surface area contributed by atoms with E-state index in [9.17, 15) is 9.18 Å². The zero-order chi connectivity index (χ0) is 13.5. The van der Waals surface area contributed by atoms with Crippen LogP contribution < -0.4 is 5.32 Å². The summed E-state index contributed by atoms with van der Waals surface area (Å²) >= 11 is 0. The molecule has 0 fully saturated rings. The average molecular weight is 256 g/mol. The highest BCUT2D eigenvalue weighted by molar-refractivity contribution is 5.91. The summed E-state index contributed by atoms with van der Waals surface area (Å²) in [6.07, 6.45) is 6.43. The number of nitrogens with zero attached hydrogens (tertiary/aromatic N) is 1. The molecule has 19 heavy (non-hydrogen) atoms. The summed E-state index contributed by atoms with van der Waals surface area (Å²) in [5, 5.41) is 2.68. The van der Waals surface area contributed by atoms with E-state index in [0.717, 1.165) is 11.1 Å². The van der Waals surface area contributed by atoms with E-state index in [1.807, 2.05) is 6.07 Å². The molecule has 0 aliphatic heterocycles. The van der Waals surface area contributed by atoms with Gasteiger partial charge >= 0.3 is 0 Å². The van der Waals surface area contributed by atoms with Crippen LogP contribution in [0.2, 0.25) is 0 Å². The second-order valence-electron chi connectivity index (χ2n) is 3.97. The van der Waals surface area contributed by atoms with Gasteiger partial charge in [0.15, 0.2) is 0 Å². The summed E-state index contributed by atoms with van der Waals surface area (Å²) in [5.74, 6) is -0.536. The van der Waals surface area contributed by atoms with Gasteiger partial charge < -0.3 is 5.32 Å². The standard InChI is InChI=1S/C15H13FN2O/c16-14-5-1-3-13(9-14)11-18-15(19)7-6-12-4-2-8-17-10-12/h1-10H,11H2,(H,18,19)/b7-6+. The molecule has 0 saturated heterocycles. The third kappa shape index (κ3) is 4.35. The quantitative estimate of drug-likeness (QED) is 0.854. The van der Waals surface area contributed by atoms with Crippen LogP contribution in [-0.4, -0.2) is 10.9 Å². The third-order valence-corrected chi connectivity index (χ3v) is 2.47. The monoisotopic (exact) mass is 256 g/mol. The maximum atomic E-state index is 12.9. The van der Waals surface area contributed by atoms with Crippen LogP contribution in [0.1, 0.15) is 11.1 Å². The van der Waals surface area contributed by atoms with Crippen LogP contribution in [0.5, 0.6) is 0 Å². The Balaban J connectivity index is 1.87. The molecule has 4 heteroatoms. The normalized spacial score (nSPS) is 10.6. The zero-order valence-corrected chi connectivity index (χ0v) is 10.2. The number of rotatable bonds is 4. The minimum absolute atomic E-state index is 0.229. The summed E-state index contributed by atoms with van der Waals surface area (Å²) in [5.41, 5.74) is 1.58. The van der Waals surface area contributed by atoms with Crippen molar-refractivity contribution in [1.82, 2.24) is 10.3 Å². The lowest BCUT2D eigenvalue weighted by Crippen LogP contribution is -2.20. The Morgan fingerprint density at radius 2 is 2.21 bits per heavy atom. The molecule has 0 radical (unpaired) electrons. The number of pyridine rings is 1. The van der Waals surface area contributed by atoms with Gasteiger partial charge in [0, 0.05) is 25.0 Å². The zero-order valence-electron chi connectivity index (χ0n) is 10.2. The van der Waals surface area contributed by atoms with E-state index in [4.69, 9.17) is 0 Å². The molecule has 1 amide bonds. The molecule has 0 saturated carbocycles. The molecule has 2 rings (SSSR count). The first-order valence-corrected chi connectivity index (χ1v) is 5.84. The molecule has 1 N–H and O–H groups in total. The van der Waals surface area contributed by atoms with E-state index in [-0.39, 0.29) is 11.7 Å². The number of nitrogens with one attached hydrogen (secondary N) is 1. The number of aromatic nitrogens is 1. The first kappa shape index (κ1) is 13.0. The van der Waals surface area contributed by atoms with Crippen molar-refractivity contribution in [3.05, 3.63) is 71.8 Å². The first-order valence-electron chi connectivity index (χ1n) is 5.84. The van der Waals surface area contributed by atoms with E-state index in [1.54, 1.807) is 36.7 Å². The van der Waals surface area contributed by atoms with Crippen LogP contribution in [0.3, 0.4) is 0 Å². The van der Waals surface area contributed by atoms with Crippen LogP contribution in [-0.2, 0) is 11.3 Å². The van der Waals surface area contributed by atoms with E-state index in [0.29, 0.717) is 6.54 Å². The van der Waals surface area contributed by atoms with Gasteiger partial charge in [-0.25, -0.2) is 4.39 Å². The van der Waals surface area contributed by atoms with E-state index >= 15 is 0 Å². The van der Waals surface area contributed by atoms with Gasteiger partial charge in [0.25, 0.3) is 0 Å². The summed E-state index contributed by atoms with van der Waals surface area (Å²) in [6.45, 7) is 0.300. The summed E-state index contributed by atoms with van der Waals surface area (Å²) < 4.78 is 12.9. The number of carbonyl (C=O) groups excluding carboxylic acids is 1. The molecule has 0 unspecified atom stereocenters. The van der Waals surface area contributed by atoms with Gasteiger partial charge in [-0.15, -0.1) is 0 Å². The van der Waals surface area contributed by atoms with Crippen molar-refractivity contribution in [2.45, 2.75) is 6.54 Å². The van der Waals surface area contributed by atoms with E-state index in [2.05, 4.69) is 10.3 Å². The minimum atomic E-state index is -0.308. The molecular weight excluding hydrogens is 243 g/mol. The number of carbonyl (C=O) groups is 1. The Kier molecular flexibility index (Phi) is 4.39. The average Bonchev–Trinajstić information content (AvgIpc) is 2.44. The molecule has 0 bridgehead atoms. The van der Waals surface area contributed by atoms with E-state index < -0.39 is 0 Å². The third-order valence-electron chi connectivity index (χ3n) is 2.47. The molecule has 0 atom stereocenters. The highest BCUT2D eigenvalue weighted by Gasteiger charge is 1.98. The summed E-state index contributed by atoms with van der Waals surface area (Å²) in [6, 6.07) is 9.78. The molecular formula is C15H13FN2O. The summed E-state index contributed by atoms with van der Waals surface area (Å²) in [7, 11) is 0. The summed E-state index contributed by atoms with van der Waals surface area (Å²) in [4.78, 5) is 15.5. The largest absolute Gasteiger partial charge is 0.348 e. The van der Waals surface area contributed by atoms with Gasteiger partial charge in [0.1, 0.15) is 5.82 Å². The van der Waals surface area contributed by atoms with Gasteiger partial charge in [-0.3, -0.25) is 9.78 Å². The Hall–Kier alpha value is -2.49. The number of halogens is 1. The SMILES string of the molecule is O=C(/C=C/c1cccnc1)NCc1cccc(F)c1. The lowest BCUT2D eigenvalue weighted by molar-refractivity contribution is -0.116. The fourth-order valence-electron chi connectivity index (χ4n) is 1.54. The molecule has 0 aliphatic rings. The van der Waals surface area contributed by atoms with Gasteiger partial charge in [0.05, 0.1) is 0 Å². The Morgan fingerprint density at radius 3 is 2.95 bits per heavy atom. The van der Waals surface area contributed by atoms with Crippen LogP contribution in [0, 0.1) is 5.82 Å². The number of amides is 1. The lowest BCUT2D eigenvalue weighted by Gasteiger charge is -2.02. The maximum absolute atomic E-state index is 12.9. The van der Waals surface area contributed by atoms with Crippen molar-refractivity contribution < 1.29 is 9.18 Å². The van der Waals surface area contributed by atoms with Crippen LogP contribution in [0.4, 0.5) is 4.39 Å². The maximum Gasteiger partial charge on any atom is 0.244 e. The van der Waals surface area contributed by atoms with Gasteiger partial charge in [-0.05, 0) is 35.4 Å². The van der Waals surface area contributed by atoms with Crippen molar-refractivity contribution >= 4 is 12.0 Å². The number of benzene rings is 1. The first-order chi connectivity index (χ1) is 9.24. The van der Waals surface area contributed by atoms with Gasteiger partial charge in [-0.2, -0.15) is 0 Å². The molecule has 3 nitrogen and oxygen atoms in total. The van der Waals surface area contributed by atoms with Crippen molar-refractivity contribution in [2.24, 2.45) is 0 Å². The Labute approximate surface area is 110 Å². The highest BCUT2D eigenvalue weighted by atomic mass is 19.1. The number of hydrogen-bond acceptors (Lipinski definition) is 2. The molecule has 1 aromatic heterocycles. The smallest absolute Gasteiger partial charge is 0.244 e. The fourth-order valence-corrected chi connectivity index (χ4v) is 1.54. The molecule has 1 heterocycles. The predicted octanol–water partition coefficient (Wildman–Crippen LogP) is 2.55. The van der Waals surface area contributed by atoms with E-state index in [1.165, 1.54) is 18.2 Å². The van der Waals surface area contributed by atoms with Crippen molar-refractivity contribution in [1.29, 1.82) is 0 Å². The van der Waals surface area contributed by atoms with Crippen molar-refractivity contribution in [3.63, 3.8) is 0 Å². The lowest BCUT2D eigenvalue weighted by atomic mass is 10.2. The van der Waals surface area contributed by atoms with Crippen LogP contribution in [0.15, 0.2) is 54.9 Å². The number of hydrogen-bond donors (Lipinski definition) is 1. The van der Waals surface area contributed by atoms with Crippen molar-refractivity contribution in [2.75, 3.05) is 0 Å². The fraction of sp³-hybridized carbons (Fsp3) is 0.0667. The molecule has 0 aliphatic carbocycles. The van der Waals surface area contributed by atoms with Crippen LogP contribution >= 0.6 is 0 Å². The molecule has 96 valence electrons. The van der Waals surface area contributed by atoms with Gasteiger partial charge in [0.2, 0.25) is 5.91 Å². The second kappa shape index (κ2) is 6.44. The molecule has 2 aromatic rings. The highest BCUT2D eigenvalue weighted by Crippen LogP contribution is 2.03. The Morgan fingerprint density at radius 1 is 1.32 bits per heavy atom. The van der Waals surface area contributed by atoms with Crippen molar-refractivity contribution in [3.8, 4) is 0 Å². The topological polar surface area (TPSA) is 42.0 Å². The second-order valence-corrected chi connectivity index (χ2v) is 3.97. The predicted molar refractivity (Wildman–Crippen MR) is 71.5 cm³/mol.